The van der Waals surface area contributed by atoms with E-state index in [9.17, 15) is 0 Å². The Kier molecular flexibility index (Phi) is 3.14. The maximum atomic E-state index is 4.18. The van der Waals surface area contributed by atoms with Crippen molar-refractivity contribution in [3.8, 4) is 0 Å². The first-order valence-corrected chi connectivity index (χ1v) is 5.47. The molecule has 1 fully saturated rings. The van der Waals surface area contributed by atoms with Crippen LogP contribution < -0.4 is 5.32 Å². The zero-order valence-corrected chi connectivity index (χ0v) is 8.74. The average Bonchev–Trinajstić information content (AvgIpc) is 2.30. The van der Waals surface area contributed by atoms with Crippen molar-refractivity contribution in [3.05, 3.63) is 30.1 Å². The lowest BCUT2D eigenvalue weighted by Gasteiger charge is -2.28. The summed E-state index contributed by atoms with van der Waals surface area (Å²) in [4.78, 5) is 4.18. The summed E-state index contributed by atoms with van der Waals surface area (Å²) in [7, 11) is 2.06. The van der Waals surface area contributed by atoms with Gasteiger partial charge in [-0.05, 0) is 50.3 Å². The van der Waals surface area contributed by atoms with Crippen LogP contribution in [0, 0.1) is 0 Å². The fourth-order valence-corrected chi connectivity index (χ4v) is 2.33. The van der Waals surface area contributed by atoms with E-state index < -0.39 is 0 Å². The highest BCUT2D eigenvalue weighted by molar-refractivity contribution is 5.15. The molecule has 0 bridgehead atoms. The van der Waals surface area contributed by atoms with E-state index in [1.165, 1.54) is 31.2 Å². The van der Waals surface area contributed by atoms with Gasteiger partial charge in [0.1, 0.15) is 0 Å². The van der Waals surface area contributed by atoms with Crippen LogP contribution >= 0.6 is 0 Å². The van der Waals surface area contributed by atoms with Gasteiger partial charge in [0.2, 0.25) is 0 Å². The Bertz CT molecular complexity index is 263. The topological polar surface area (TPSA) is 24.9 Å². The van der Waals surface area contributed by atoms with E-state index in [1.54, 1.807) is 0 Å². The van der Waals surface area contributed by atoms with Crippen molar-refractivity contribution < 1.29 is 0 Å². The molecule has 1 aromatic heterocycles. The number of pyridine rings is 1. The third-order valence-corrected chi connectivity index (χ3v) is 3.29. The third kappa shape index (κ3) is 2.13. The average molecular weight is 190 g/mol. The van der Waals surface area contributed by atoms with E-state index in [2.05, 4.69) is 23.4 Å². The highest BCUT2D eigenvalue weighted by Gasteiger charge is 2.20. The molecule has 1 N–H and O–H groups in total. The molecule has 0 aromatic carbocycles. The minimum Gasteiger partial charge on any atom is -0.317 e. The van der Waals surface area contributed by atoms with Gasteiger partial charge in [0.05, 0.1) is 0 Å². The quantitative estimate of drug-likeness (QED) is 0.774. The molecule has 1 aliphatic carbocycles. The highest BCUT2D eigenvalue weighted by Crippen LogP contribution is 2.32. The number of rotatable bonds is 2. The third-order valence-electron chi connectivity index (χ3n) is 3.29. The van der Waals surface area contributed by atoms with Crippen molar-refractivity contribution >= 4 is 0 Å². The number of aromatic nitrogens is 1. The lowest BCUT2D eigenvalue weighted by Crippen LogP contribution is -2.29. The molecular weight excluding hydrogens is 172 g/mol. The number of nitrogens with one attached hydrogen (secondary N) is 1. The maximum absolute atomic E-state index is 4.18. The summed E-state index contributed by atoms with van der Waals surface area (Å²) in [6, 6.07) is 4.99. The Morgan fingerprint density at radius 2 is 2.07 bits per heavy atom. The Morgan fingerprint density at radius 3 is 2.64 bits per heavy atom. The monoisotopic (exact) mass is 190 g/mol. The van der Waals surface area contributed by atoms with Gasteiger partial charge in [-0.3, -0.25) is 4.98 Å². The first-order valence-electron chi connectivity index (χ1n) is 5.47. The normalized spacial score (nSPS) is 27.5. The second-order valence-electron chi connectivity index (χ2n) is 4.12. The summed E-state index contributed by atoms with van der Waals surface area (Å²) in [6.07, 6.45) is 9.08. The van der Waals surface area contributed by atoms with Gasteiger partial charge < -0.3 is 5.32 Å². The summed E-state index contributed by atoms with van der Waals surface area (Å²) < 4.78 is 0. The SMILES string of the molecule is CNC1CCC(c2cccnc2)CC1. The number of hydrogen-bond acceptors (Lipinski definition) is 2. The van der Waals surface area contributed by atoms with Gasteiger partial charge in [-0.25, -0.2) is 0 Å². The van der Waals surface area contributed by atoms with Crippen molar-refractivity contribution in [2.24, 2.45) is 0 Å². The van der Waals surface area contributed by atoms with E-state index in [0.717, 1.165) is 12.0 Å². The molecule has 2 heteroatoms. The highest BCUT2D eigenvalue weighted by atomic mass is 14.9. The second kappa shape index (κ2) is 4.56. The zero-order valence-electron chi connectivity index (χ0n) is 8.74. The molecule has 76 valence electrons. The van der Waals surface area contributed by atoms with Gasteiger partial charge in [0, 0.05) is 18.4 Å². The maximum Gasteiger partial charge on any atom is 0.0302 e. The van der Waals surface area contributed by atoms with Crippen LogP contribution in [0.1, 0.15) is 37.2 Å². The Hall–Kier alpha value is -0.890. The van der Waals surface area contributed by atoms with Gasteiger partial charge in [-0.2, -0.15) is 0 Å². The van der Waals surface area contributed by atoms with E-state index in [1.807, 2.05) is 18.5 Å². The van der Waals surface area contributed by atoms with E-state index in [0.29, 0.717) is 0 Å². The minimum absolute atomic E-state index is 0.739. The van der Waals surface area contributed by atoms with Crippen LogP contribution in [-0.4, -0.2) is 18.1 Å². The Balaban J connectivity index is 1.96. The van der Waals surface area contributed by atoms with Crippen molar-refractivity contribution in [2.75, 3.05) is 7.05 Å². The summed E-state index contributed by atoms with van der Waals surface area (Å²) in [6.45, 7) is 0. The summed E-state index contributed by atoms with van der Waals surface area (Å²) in [5, 5.41) is 3.36. The molecule has 0 radical (unpaired) electrons. The minimum atomic E-state index is 0.739. The van der Waals surface area contributed by atoms with Gasteiger partial charge in [-0.15, -0.1) is 0 Å². The van der Waals surface area contributed by atoms with Crippen LogP contribution in [0.5, 0.6) is 0 Å². The largest absolute Gasteiger partial charge is 0.317 e. The van der Waals surface area contributed by atoms with Gasteiger partial charge in [0.15, 0.2) is 0 Å². The summed E-state index contributed by atoms with van der Waals surface area (Å²) >= 11 is 0. The van der Waals surface area contributed by atoms with Crippen molar-refractivity contribution in [3.63, 3.8) is 0 Å². The van der Waals surface area contributed by atoms with E-state index in [-0.39, 0.29) is 0 Å². The molecule has 2 nitrogen and oxygen atoms in total. The van der Waals surface area contributed by atoms with E-state index >= 15 is 0 Å². The Morgan fingerprint density at radius 1 is 1.29 bits per heavy atom. The molecule has 14 heavy (non-hydrogen) atoms. The molecule has 1 heterocycles. The molecule has 1 aromatic rings. The lowest BCUT2D eigenvalue weighted by atomic mass is 9.82. The Labute approximate surface area is 85.7 Å². The second-order valence-corrected chi connectivity index (χ2v) is 4.12. The number of hydrogen-bond donors (Lipinski definition) is 1. The van der Waals surface area contributed by atoms with Gasteiger partial charge in [-0.1, -0.05) is 6.07 Å². The predicted octanol–water partition coefficient (Wildman–Crippen LogP) is 2.33. The van der Waals surface area contributed by atoms with E-state index in [4.69, 9.17) is 0 Å². The van der Waals surface area contributed by atoms with Crippen molar-refractivity contribution in [1.29, 1.82) is 0 Å². The first kappa shape index (κ1) is 9.66. The van der Waals surface area contributed by atoms with Crippen LogP contribution in [0.25, 0.3) is 0 Å². The smallest absolute Gasteiger partial charge is 0.0302 e. The lowest BCUT2D eigenvalue weighted by molar-refractivity contribution is 0.358. The molecule has 0 unspecified atom stereocenters. The van der Waals surface area contributed by atoms with Crippen LogP contribution in [-0.2, 0) is 0 Å². The van der Waals surface area contributed by atoms with Crippen LogP contribution in [0.4, 0.5) is 0 Å². The fraction of sp³-hybridized carbons (Fsp3) is 0.583. The fourth-order valence-electron chi connectivity index (χ4n) is 2.33. The first-order chi connectivity index (χ1) is 6.90. The molecule has 1 aliphatic rings. The summed E-state index contributed by atoms with van der Waals surface area (Å²) in [5.74, 6) is 0.744. The van der Waals surface area contributed by atoms with Crippen LogP contribution in [0.15, 0.2) is 24.5 Å². The molecule has 2 rings (SSSR count). The van der Waals surface area contributed by atoms with Crippen molar-refractivity contribution in [1.82, 2.24) is 10.3 Å². The number of nitrogens with zero attached hydrogens (tertiary/aromatic N) is 1. The predicted molar refractivity (Wildman–Crippen MR) is 58.3 cm³/mol. The molecule has 0 amide bonds. The van der Waals surface area contributed by atoms with Crippen molar-refractivity contribution in [2.45, 2.75) is 37.6 Å². The standard InChI is InChI=1S/C12H18N2/c1-13-12-6-4-10(5-7-12)11-3-2-8-14-9-11/h2-3,8-10,12-13H,4-7H2,1H3. The molecule has 0 aliphatic heterocycles. The molecular formula is C12H18N2. The zero-order chi connectivity index (χ0) is 9.80. The molecule has 0 spiro atoms. The van der Waals surface area contributed by atoms with Gasteiger partial charge in [0.25, 0.3) is 0 Å². The summed E-state index contributed by atoms with van der Waals surface area (Å²) in [5.41, 5.74) is 1.42. The molecule has 0 atom stereocenters. The molecule has 0 saturated heterocycles. The molecule has 1 saturated carbocycles. The van der Waals surface area contributed by atoms with Crippen LogP contribution in [0.2, 0.25) is 0 Å². The van der Waals surface area contributed by atoms with Crippen LogP contribution in [0.3, 0.4) is 0 Å². The van der Waals surface area contributed by atoms with Gasteiger partial charge >= 0.3 is 0 Å².